The van der Waals surface area contributed by atoms with Crippen LogP contribution in [0.25, 0.3) is 0 Å². The van der Waals surface area contributed by atoms with Crippen LogP contribution in [0.15, 0.2) is 17.5 Å². The largest absolute Gasteiger partial charge is 0.359 e. The van der Waals surface area contributed by atoms with E-state index in [2.05, 4.69) is 34.4 Å². The SMILES string of the molecule is Cc1nc2c(c(N(C)CCc3cccs3)n1)CCCC2. The minimum Gasteiger partial charge on any atom is -0.359 e. The first-order valence-electron chi connectivity index (χ1n) is 7.34. The molecule has 0 atom stereocenters. The lowest BCUT2D eigenvalue weighted by molar-refractivity contribution is 0.653. The van der Waals surface area contributed by atoms with Gasteiger partial charge in [0, 0.05) is 29.7 Å². The summed E-state index contributed by atoms with van der Waals surface area (Å²) in [6, 6.07) is 4.33. The lowest BCUT2D eigenvalue weighted by Crippen LogP contribution is -2.25. The number of fused-ring (bicyclic) bond motifs is 1. The number of likely N-dealkylation sites (N-methyl/N-ethyl adjacent to an activating group) is 1. The van der Waals surface area contributed by atoms with E-state index in [0.717, 1.165) is 37.4 Å². The zero-order valence-electron chi connectivity index (χ0n) is 12.2. The number of rotatable bonds is 4. The molecule has 0 radical (unpaired) electrons. The van der Waals surface area contributed by atoms with Crippen molar-refractivity contribution in [2.45, 2.75) is 39.0 Å². The maximum atomic E-state index is 4.70. The molecule has 0 aliphatic heterocycles. The Morgan fingerprint density at radius 1 is 1.25 bits per heavy atom. The Labute approximate surface area is 124 Å². The van der Waals surface area contributed by atoms with Crippen LogP contribution in [0.2, 0.25) is 0 Å². The van der Waals surface area contributed by atoms with Crippen LogP contribution in [-0.4, -0.2) is 23.6 Å². The topological polar surface area (TPSA) is 29.0 Å². The molecule has 0 aromatic carbocycles. The van der Waals surface area contributed by atoms with Gasteiger partial charge in [-0.3, -0.25) is 0 Å². The van der Waals surface area contributed by atoms with Crippen LogP contribution in [0.3, 0.4) is 0 Å². The van der Waals surface area contributed by atoms with E-state index in [4.69, 9.17) is 4.98 Å². The fourth-order valence-electron chi connectivity index (χ4n) is 2.85. The third-order valence-corrected chi connectivity index (χ3v) is 4.84. The first kappa shape index (κ1) is 13.6. The van der Waals surface area contributed by atoms with Gasteiger partial charge in [0.2, 0.25) is 0 Å². The summed E-state index contributed by atoms with van der Waals surface area (Å²) < 4.78 is 0. The molecule has 1 aliphatic rings. The molecule has 20 heavy (non-hydrogen) atoms. The summed E-state index contributed by atoms with van der Waals surface area (Å²) in [7, 11) is 2.16. The third-order valence-electron chi connectivity index (χ3n) is 3.91. The quantitative estimate of drug-likeness (QED) is 0.863. The number of hydrogen-bond acceptors (Lipinski definition) is 4. The molecule has 0 fully saturated rings. The van der Waals surface area contributed by atoms with Gasteiger partial charge < -0.3 is 4.90 Å². The highest BCUT2D eigenvalue weighted by Gasteiger charge is 2.19. The summed E-state index contributed by atoms with van der Waals surface area (Å²) in [6.07, 6.45) is 5.87. The summed E-state index contributed by atoms with van der Waals surface area (Å²) in [5.74, 6) is 2.06. The molecular formula is C16H21N3S. The van der Waals surface area contributed by atoms with Crippen LogP contribution in [0.1, 0.15) is 34.8 Å². The average Bonchev–Trinajstić information content (AvgIpc) is 2.97. The first-order valence-corrected chi connectivity index (χ1v) is 8.22. The van der Waals surface area contributed by atoms with Gasteiger partial charge in [-0.25, -0.2) is 9.97 Å². The summed E-state index contributed by atoms with van der Waals surface area (Å²) in [6.45, 7) is 3.02. The Hall–Kier alpha value is -1.42. The predicted octanol–water partition coefficient (Wildman–Crippen LogP) is 3.40. The number of hydrogen-bond donors (Lipinski definition) is 0. The number of aromatic nitrogens is 2. The molecule has 0 saturated heterocycles. The van der Waals surface area contributed by atoms with Gasteiger partial charge in [0.05, 0.1) is 0 Å². The molecule has 0 bridgehead atoms. The molecular weight excluding hydrogens is 266 g/mol. The zero-order chi connectivity index (χ0) is 13.9. The van der Waals surface area contributed by atoms with Crippen LogP contribution in [0.4, 0.5) is 5.82 Å². The van der Waals surface area contributed by atoms with E-state index in [1.165, 1.54) is 29.0 Å². The molecule has 0 saturated carbocycles. The van der Waals surface area contributed by atoms with Crippen molar-refractivity contribution in [3.05, 3.63) is 39.5 Å². The van der Waals surface area contributed by atoms with Gasteiger partial charge in [-0.1, -0.05) is 6.07 Å². The highest BCUT2D eigenvalue weighted by atomic mass is 32.1. The fraction of sp³-hybridized carbons (Fsp3) is 0.500. The summed E-state index contributed by atoms with van der Waals surface area (Å²) >= 11 is 1.83. The van der Waals surface area contributed by atoms with Crippen molar-refractivity contribution in [3.63, 3.8) is 0 Å². The molecule has 2 aromatic rings. The van der Waals surface area contributed by atoms with Crippen molar-refractivity contribution in [2.24, 2.45) is 0 Å². The van der Waals surface area contributed by atoms with E-state index in [1.807, 2.05) is 18.3 Å². The maximum absolute atomic E-state index is 4.70. The fourth-order valence-corrected chi connectivity index (χ4v) is 3.55. The lowest BCUT2D eigenvalue weighted by atomic mass is 9.96. The highest BCUT2D eigenvalue weighted by Crippen LogP contribution is 2.27. The summed E-state index contributed by atoms with van der Waals surface area (Å²) in [4.78, 5) is 13.1. The molecule has 106 valence electrons. The van der Waals surface area contributed by atoms with Crippen molar-refractivity contribution < 1.29 is 0 Å². The van der Waals surface area contributed by atoms with E-state index in [0.29, 0.717) is 0 Å². The van der Waals surface area contributed by atoms with Gasteiger partial charge in [0.1, 0.15) is 11.6 Å². The molecule has 2 heterocycles. The Bertz CT molecular complexity index is 578. The van der Waals surface area contributed by atoms with Gasteiger partial charge in [0.25, 0.3) is 0 Å². The van der Waals surface area contributed by atoms with Gasteiger partial charge >= 0.3 is 0 Å². The average molecular weight is 287 g/mol. The second-order valence-corrected chi connectivity index (χ2v) is 6.51. The van der Waals surface area contributed by atoms with E-state index < -0.39 is 0 Å². The van der Waals surface area contributed by atoms with Crippen molar-refractivity contribution in [3.8, 4) is 0 Å². The minimum absolute atomic E-state index is 0.906. The number of anilines is 1. The first-order chi connectivity index (χ1) is 9.74. The van der Waals surface area contributed by atoms with E-state index in [1.54, 1.807) is 0 Å². The molecule has 4 heteroatoms. The van der Waals surface area contributed by atoms with Crippen molar-refractivity contribution in [1.29, 1.82) is 0 Å². The van der Waals surface area contributed by atoms with Gasteiger partial charge in [-0.15, -0.1) is 11.3 Å². The lowest BCUT2D eigenvalue weighted by Gasteiger charge is -2.25. The van der Waals surface area contributed by atoms with Crippen LogP contribution in [0.5, 0.6) is 0 Å². The third kappa shape index (κ3) is 2.85. The zero-order valence-corrected chi connectivity index (χ0v) is 13.0. The van der Waals surface area contributed by atoms with E-state index >= 15 is 0 Å². The molecule has 0 unspecified atom stereocenters. The van der Waals surface area contributed by atoms with Crippen molar-refractivity contribution in [1.82, 2.24) is 9.97 Å². The smallest absolute Gasteiger partial charge is 0.135 e. The number of thiophene rings is 1. The van der Waals surface area contributed by atoms with Gasteiger partial charge in [0.15, 0.2) is 0 Å². The summed E-state index contributed by atoms with van der Waals surface area (Å²) in [5, 5.41) is 2.14. The van der Waals surface area contributed by atoms with E-state index in [9.17, 15) is 0 Å². The molecule has 3 nitrogen and oxygen atoms in total. The second kappa shape index (κ2) is 5.92. The predicted molar refractivity (Wildman–Crippen MR) is 84.7 cm³/mol. The number of aryl methyl sites for hydroxylation is 2. The van der Waals surface area contributed by atoms with Crippen LogP contribution in [-0.2, 0) is 19.3 Å². The minimum atomic E-state index is 0.906. The maximum Gasteiger partial charge on any atom is 0.135 e. The Morgan fingerprint density at radius 2 is 2.10 bits per heavy atom. The van der Waals surface area contributed by atoms with Crippen molar-refractivity contribution >= 4 is 17.2 Å². The Kier molecular flexibility index (Phi) is 4.01. The van der Waals surface area contributed by atoms with Crippen LogP contribution >= 0.6 is 11.3 Å². The van der Waals surface area contributed by atoms with Gasteiger partial charge in [-0.2, -0.15) is 0 Å². The van der Waals surface area contributed by atoms with Crippen molar-refractivity contribution in [2.75, 3.05) is 18.5 Å². The Morgan fingerprint density at radius 3 is 2.90 bits per heavy atom. The Balaban J connectivity index is 1.79. The van der Waals surface area contributed by atoms with Crippen LogP contribution in [0, 0.1) is 6.92 Å². The standard InChI is InChI=1S/C16H21N3S/c1-12-17-15-8-4-3-7-14(15)16(18-12)19(2)10-9-13-6-5-11-20-13/h5-6,11H,3-4,7-10H2,1-2H3. The molecule has 1 aliphatic carbocycles. The monoisotopic (exact) mass is 287 g/mol. The number of nitrogens with zero attached hydrogens (tertiary/aromatic N) is 3. The molecule has 0 N–H and O–H groups in total. The normalized spacial score (nSPS) is 14.1. The molecule has 3 rings (SSSR count). The molecule has 2 aromatic heterocycles. The van der Waals surface area contributed by atoms with E-state index in [-0.39, 0.29) is 0 Å². The summed E-state index contributed by atoms with van der Waals surface area (Å²) in [5.41, 5.74) is 2.66. The molecule has 0 spiro atoms. The van der Waals surface area contributed by atoms with Crippen LogP contribution < -0.4 is 4.90 Å². The second-order valence-electron chi connectivity index (χ2n) is 5.48. The molecule has 0 amide bonds. The van der Waals surface area contributed by atoms with Gasteiger partial charge in [-0.05, 0) is 50.5 Å². The highest BCUT2D eigenvalue weighted by molar-refractivity contribution is 7.09.